The molecule has 1 saturated carbocycles. The number of aliphatic hydroxyl groups excluding tert-OH is 1. The molecule has 1 amide bonds. The summed E-state index contributed by atoms with van der Waals surface area (Å²) in [5, 5.41) is 12.1. The van der Waals surface area contributed by atoms with E-state index < -0.39 is 0 Å². The molecular weight excluding hydrogens is 190 g/mol. The summed E-state index contributed by atoms with van der Waals surface area (Å²) in [4.78, 5) is 11.1. The predicted molar refractivity (Wildman–Crippen MR) is 51.7 cm³/mol. The van der Waals surface area contributed by atoms with Crippen LogP contribution in [0.2, 0.25) is 0 Å². The Hall–Kier alpha value is -0.280. The van der Waals surface area contributed by atoms with Crippen molar-refractivity contribution in [3.63, 3.8) is 0 Å². The van der Waals surface area contributed by atoms with Gasteiger partial charge in [-0.2, -0.15) is 0 Å². The van der Waals surface area contributed by atoms with Crippen molar-refractivity contribution in [3.8, 4) is 0 Å². The van der Waals surface area contributed by atoms with E-state index in [9.17, 15) is 9.90 Å². The van der Waals surface area contributed by atoms with Crippen molar-refractivity contribution in [2.75, 3.05) is 5.88 Å². The van der Waals surface area contributed by atoms with Crippen LogP contribution in [0.25, 0.3) is 0 Å². The second kappa shape index (κ2) is 5.45. The van der Waals surface area contributed by atoms with Gasteiger partial charge in [0.05, 0.1) is 6.10 Å². The summed E-state index contributed by atoms with van der Waals surface area (Å²) < 4.78 is 0. The lowest BCUT2D eigenvalue weighted by atomic mass is 9.93. The fourth-order valence-electron chi connectivity index (χ4n) is 1.61. The van der Waals surface area contributed by atoms with Crippen molar-refractivity contribution in [2.45, 2.75) is 44.2 Å². The maximum atomic E-state index is 11.1. The van der Waals surface area contributed by atoms with E-state index >= 15 is 0 Å². The van der Waals surface area contributed by atoms with Gasteiger partial charge in [-0.25, -0.2) is 0 Å². The molecule has 0 aromatic heterocycles. The van der Waals surface area contributed by atoms with Gasteiger partial charge in [0.2, 0.25) is 5.91 Å². The van der Waals surface area contributed by atoms with E-state index in [0.29, 0.717) is 12.3 Å². The highest BCUT2D eigenvalue weighted by molar-refractivity contribution is 6.18. The van der Waals surface area contributed by atoms with Gasteiger partial charge >= 0.3 is 0 Å². The van der Waals surface area contributed by atoms with Crippen molar-refractivity contribution >= 4 is 17.5 Å². The Labute approximate surface area is 83.5 Å². The Morgan fingerprint density at radius 1 is 1.38 bits per heavy atom. The number of hydrogen-bond donors (Lipinski definition) is 2. The summed E-state index contributed by atoms with van der Waals surface area (Å²) in [5.41, 5.74) is 0. The molecule has 0 aromatic carbocycles. The molecule has 0 spiro atoms. The minimum absolute atomic E-state index is 0.0244. The first kappa shape index (κ1) is 10.8. The van der Waals surface area contributed by atoms with Crippen LogP contribution in [-0.2, 0) is 4.79 Å². The Morgan fingerprint density at radius 2 is 2.00 bits per heavy atom. The molecule has 1 fully saturated rings. The van der Waals surface area contributed by atoms with Crippen LogP contribution in [0.3, 0.4) is 0 Å². The zero-order chi connectivity index (χ0) is 9.68. The molecular formula is C9H16ClNO2. The zero-order valence-corrected chi connectivity index (χ0v) is 8.39. The lowest BCUT2D eigenvalue weighted by Crippen LogP contribution is -2.38. The molecule has 0 bridgehead atoms. The third-order valence-electron chi connectivity index (χ3n) is 2.38. The number of amides is 1. The average molecular weight is 206 g/mol. The molecule has 2 N–H and O–H groups in total. The van der Waals surface area contributed by atoms with E-state index in [1.54, 1.807) is 0 Å². The number of carbonyl (C=O) groups excluding carboxylic acids is 1. The van der Waals surface area contributed by atoms with Gasteiger partial charge in [0.25, 0.3) is 0 Å². The van der Waals surface area contributed by atoms with Crippen LogP contribution in [0.1, 0.15) is 32.1 Å². The van der Waals surface area contributed by atoms with Gasteiger partial charge in [-0.15, -0.1) is 11.6 Å². The lowest BCUT2D eigenvalue weighted by Gasteiger charge is -2.26. The summed E-state index contributed by atoms with van der Waals surface area (Å²) >= 11 is 5.44. The highest BCUT2D eigenvalue weighted by Crippen LogP contribution is 2.18. The molecule has 0 saturated heterocycles. The number of hydrogen-bond acceptors (Lipinski definition) is 2. The van der Waals surface area contributed by atoms with Crippen LogP contribution in [0, 0.1) is 0 Å². The normalized spacial score (nSPS) is 28.5. The second-order valence-electron chi connectivity index (χ2n) is 3.51. The number of halogens is 1. The van der Waals surface area contributed by atoms with Gasteiger partial charge < -0.3 is 10.4 Å². The van der Waals surface area contributed by atoms with E-state index in [-0.39, 0.29) is 18.1 Å². The minimum atomic E-state index is -0.166. The zero-order valence-electron chi connectivity index (χ0n) is 7.63. The smallest absolute Gasteiger partial charge is 0.221 e. The van der Waals surface area contributed by atoms with Crippen molar-refractivity contribution < 1.29 is 9.90 Å². The Bertz CT molecular complexity index is 167. The molecule has 76 valence electrons. The van der Waals surface area contributed by atoms with Crippen LogP contribution in [0.5, 0.6) is 0 Å². The Morgan fingerprint density at radius 3 is 2.54 bits per heavy atom. The van der Waals surface area contributed by atoms with Crippen molar-refractivity contribution in [3.05, 3.63) is 0 Å². The van der Waals surface area contributed by atoms with Crippen LogP contribution in [-0.4, -0.2) is 29.0 Å². The quantitative estimate of drug-likeness (QED) is 0.677. The molecule has 0 heterocycles. The van der Waals surface area contributed by atoms with Crippen molar-refractivity contribution in [1.82, 2.24) is 5.32 Å². The molecule has 1 aliphatic carbocycles. The van der Waals surface area contributed by atoms with E-state index in [0.717, 1.165) is 25.7 Å². The summed E-state index contributed by atoms with van der Waals surface area (Å²) in [6.45, 7) is 0. The van der Waals surface area contributed by atoms with Crippen molar-refractivity contribution in [1.29, 1.82) is 0 Å². The van der Waals surface area contributed by atoms with Crippen LogP contribution in [0.15, 0.2) is 0 Å². The third kappa shape index (κ3) is 3.96. The Balaban J connectivity index is 2.18. The van der Waals surface area contributed by atoms with E-state index in [2.05, 4.69) is 5.32 Å². The van der Waals surface area contributed by atoms with Gasteiger partial charge in [0.1, 0.15) is 0 Å². The largest absolute Gasteiger partial charge is 0.393 e. The van der Waals surface area contributed by atoms with Gasteiger partial charge in [-0.05, 0) is 25.7 Å². The van der Waals surface area contributed by atoms with E-state index in [4.69, 9.17) is 11.6 Å². The van der Waals surface area contributed by atoms with Gasteiger partial charge in [-0.3, -0.25) is 4.79 Å². The Kier molecular flexibility index (Phi) is 4.53. The highest BCUT2D eigenvalue weighted by atomic mass is 35.5. The highest BCUT2D eigenvalue weighted by Gasteiger charge is 2.20. The fourth-order valence-corrected chi connectivity index (χ4v) is 1.78. The first-order valence-corrected chi connectivity index (χ1v) is 5.29. The maximum Gasteiger partial charge on any atom is 0.221 e. The maximum absolute atomic E-state index is 11.1. The summed E-state index contributed by atoms with van der Waals surface area (Å²) in [5.74, 6) is 0.401. The first-order valence-electron chi connectivity index (χ1n) is 4.75. The monoisotopic (exact) mass is 205 g/mol. The molecule has 0 aromatic rings. The van der Waals surface area contributed by atoms with Gasteiger partial charge in [-0.1, -0.05) is 0 Å². The molecule has 1 aliphatic rings. The molecule has 4 heteroatoms. The number of carbonyl (C=O) groups is 1. The molecule has 0 unspecified atom stereocenters. The predicted octanol–water partition coefficient (Wildman–Crippen LogP) is 1.03. The number of rotatable bonds is 3. The van der Waals surface area contributed by atoms with Crippen molar-refractivity contribution in [2.24, 2.45) is 0 Å². The lowest BCUT2D eigenvalue weighted by molar-refractivity contribution is -0.121. The average Bonchev–Trinajstić information content (AvgIpc) is 2.09. The van der Waals surface area contributed by atoms with Gasteiger partial charge in [0, 0.05) is 18.3 Å². The van der Waals surface area contributed by atoms with Crippen LogP contribution >= 0.6 is 11.6 Å². The first-order chi connectivity index (χ1) is 6.22. The fraction of sp³-hybridized carbons (Fsp3) is 0.889. The number of alkyl halides is 1. The van der Waals surface area contributed by atoms with Crippen LogP contribution in [0.4, 0.5) is 0 Å². The second-order valence-corrected chi connectivity index (χ2v) is 3.89. The molecule has 1 rings (SSSR count). The van der Waals surface area contributed by atoms with Gasteiger partial charge in [0.15, 0.2) is 0 Å². The standard InChI is InChI=1S/C9H16ClNO2/c10-6-5-9(13)11-7-1-3-8(12)4-2-7/h7-8,12H,1-6H2,(H,11,13)/t7-,8-. The molecule has 0 atom stereocenters. The molecule has 3 nitrogen and oxygen atoms in total. The third-order valence-corrected chi connectivity index (χ3v) is 2.57. The van der Waals surface area contributed by atoms with Crippen LogP contribution < -0.4 is 5.32 Å². The topological polar surface area (TPSA) is 49.3 Å². The minimum Gasteiger partial charge on any atom is -0.393 e. The summed E-state index contributed by atoms with van der Waals surface area (Å²) in [6.07, 6.45) is 3.59. The molecule has 0 radical (unpaired) electrons. The number of nitrogens with one attached hydrogen (secondary N) is 1. The van der Waals surface area contributed by atoms with E-state index in [1.165, 1.54) is 0 Å². The molecule has 13 heavy (non-hydrogen) atoms. The van der Waals surface area contributed by atoms with E-state index in [1.807, 2.05) is 0 Å². The summed E-state index contributed by atoms with van der Waals surface area (Å²) in [6, 6.07) is 0.249. The number of aliphatic hydroxyl groups is 1. The molecule has 0 aliphatic heterocycles. The summed E-state index contributed by atoms with van der Waals surface area (Å²) in [7, 11) is 0. The SMILES string of the molecule is O=C(CCCl)N[C@H]1CC[C@H](O)CC1.